The lowest BCUT2D eigenvalue weighted by atomic mass is 10.1. The van der Waals surface area contributed by atoms with Crippen LogP contribution in [0.4, 0.5) is 16.5 Å². The molecule has 0 atom stereocenters. The second-order valence-corrected chi connectivity index (χ2v) is 10.0. The van der Waals surface area contributed by atoms with Gasteiger partial charge >= 0.3 is 0 Å². The number of benzene rings is 4. The van der Waals surface area contributed by atoms with Crippen LogP contribution in [0.1, 0.15) is 22.8 Å². The Hall–Kier alpha value is -5.48. The number of para-hydroxylation sites is 2. The number of hydrogen-bond donors (Lipinski definition) is 3. The Labute approximate surface area is 253 Å². The predicted octanol–water partition coefficient (Wildman–Crippen LogP) is 6.73. The predicted molar refractivity (Wildman–Crippen MR) is 171 cm³/mol. The van der Waals surface area contributed by atoms with Crippen molar-refractivity contribution in [1.29, 1.82) is 0 Å². The summed E-state index contributed by atoms with van der Waals surface area (Å²) < 4.78 is 11.4. The third-order valence-corrected chi connectivity index (χ3v) is 6.79. The number of nitrogens with one attached hydrogen (secondary N) is 3. The number of amides is 2. The molecule has 5 rings (SSSR count). The average molecular weight is 592 g/mol. The smallest absolute Gasteiger partial charge is 0.271 e. The zero-order valence-corrected chi connectivity index (χ0v) is 24.1. The molecular weight excluding hydrogens is 562 g/mol. The average Bonchev–Trinajstić information content (AvgIpc) is 3.50. The molecule has 3 N–H and O–H groups in total. The van der Waals surface area contributed by atoms with Crippen LogP contribution in [0, 0.1) is 0 Å². The van der Waals surface area contributed by atoms with Crippen LogP contribution in [-0.4, -0.2) is 36.2 Å². The molecular formula is C33H29N5O4S. The van der Waals surface area contributed by atoms with Crippen molar-refractivity contribution in [2.24, 2.45) is 5.10 Å². The van der Waals surface area contributed by atoms with Crippen molar-refractivity contribution in [1.82, 2.24) is 10.4 Å². The van der Waals surface area contributed by atoms with Crippen LogP contribution in [0.5, 0.6) is 11.5 Å². The quantitative estimate of drug-likeness (QED) is 0.109. The van der Waals surface area contributed by atoms with Gasteiger partial charge in [-0.2, -0.15) is 5.10 Å². The first kappa shape index (κ1) is 29.0. The van der Waals surface area contributed by atoms with Gasteiger partial charge in [-0.05, 0) is 67.1 Å². The second kappa shape index (κ2) is 14.4. The van der Waals surface area contributed by atoms with E-state index in [0.717, 1.165) is 22.1 Å². The summed E-state index contributed by atoms with van der Waals surface area (Å²) in [4.78, 5) is 29.6. The highest BCUT2D eigenvalue weighted by Crippen LogP contribution is 2.29. The molecule has 0 spiro atoms. The second-order valence-electron chi connectivity index (χ2n) is 9.15. The molecule has 5 aromatic rings. The van der Waals surface area contributed by atoms with E-state index in [4.69, 9.17) is 9.47 Å². The summed E-state index contributed by atoms with van der Waals surface area (Å²) in [5, 5.41) is 12.9. The fourth-order valence-electron chi connectivity index (χ4n) is 3.99. The molecule has 0 aliphatic rings. The van der Waals surface area contributed by atoms with E-state index in [9.17, 15) is 9.59 Å². The zero-order chi connectivity index (χ0) is 29.9. The lowest BCUT2D eigenvalue weighted by Crippen LogP contribution is -2.20. The highest BCUT2D eigenvalue weighted by molar-refractivity contribution is 7.14. The minimum Gasteiger partial charge on any atom is -0.490 e. The van der Waals surface area contributed by atoms with E-state index in [-0.39, 0.29) is 18.4 Å². The van der Waals surface area contributed by atoms with Gasteiger partial charge in [-0.25, -0.2) is 10.4 Å². The monoisotopic (exact) mass is 591 g/mol. The van der Waals surface area contributed by atoms with Gasteiger partial charge in [0.1, 0.15) is 0 Å². The Morgan fingerprint density at radius 2 is 1.58 bits per heavy atom. The van der Waals surface area contributed by atoms with Crippen molar-refractivity contribution in [2.45, 2.75) is 6.92 Å². The highest BCUT2D eigenvalue weighted by Gasteiger charge is 2.11. The summed E-state index contributed by atoms with van der Waals surface area (Å²) in [6, 6.07) is 31.4. The first-order valence-corrected chi connectivity index (χ1v) is 14.4. The van der Waals surface area contributed by atoms with E-state index in [0.29, 0.717) is 34.9 Å². The summed E-state index contributed by atoms with van der Waals surface area (Å²) in [7, 11) is 0. The summed E-state index contributed by atoms with van der Waals surface area (Å²) in [5.41, 5.74) is 7.08. The zero-order valence-electron chi connectivity index (χ0n) is 23.3. The number of hydrazone groups is 1. The van der Waals surface area contributed by atoms with Crippen LogP contribution in [0.15, 0.2) is 114 Å². The van der Waals surface area contributed by atoms with Crippen LogP contribution in [-0.2, 0) is 4.79 Å². The number of anilines is 3. The first-order chi connectivity index (χ1) is 21.1. The number of ether oxygens (including phenoxy) is 2. The van der Waals surface area contributed by atoms with Crippen molar-refractivity contribution in [3.8, 4) is 22.8 Å². The Morgan fingerprint density at radius 1 is 0.860 bits per heavy atom. The fraction of sp³-hybridized carbons (Fsp3) is 0.0909. The lowest BCUT2D eigenvalue weighted by Gasteiger charge is -2.12. The molecule has 0 radical (unpaired) electrons. The van der Waals surface area contributed by atoms with Gasteiger partial charge in [0, 0.05) is 27.9 Å². The molecule has 10 heteroatoms. The van der Waals surface area contributed by atoms with Gasteiger partial charge in [0.2, 0.25) is 0 Å². The van der Waals surface area contributed by atoms with Gasteiger partial charge in [-0.15, -0.1) is 11.3 Å². The maximum atomic E-state index is 12.7. The van der Waals surface area contributed by atoms with E-state index in [1.54, 1.807) is 42.5 Å². The molecule has 216 valence electrons. The van der Waals surface area contributed by atoms with Crippen LogP contribution in [0.25, 0.3) is 11.3 Å². The molecule has 9 nitrogen and oxygen atoms in total. The number of nitrogens with zero attached hydrogens (tertiary/aromatic N) is 2. The normalized spacial score (nSPS) is 10.7. The van der Waals surface area contributed by atoms with Crippen molar-refractivity contribution in [3.63, 3.8) is 0 Å². The maximum absolute atomic E-state index is 12.7. The third-order valence-electron chi connectivity index (χ3n) is 6.04. The molecule has 0 fully saturated rings. The van der Waals surface area contributed by atoms with Crippen molar-refractivity contribution in [3.05, 3.63) is 120 Å². The van der Waals surface area contributed by atoms with E-state index in [2.05, 4.69) is 26.1 Å². The van der Waals surface area contributed by atoms with Crippen LogP contribution in [0.2, 0.25) is 0 Å². The van der Waals surface area contributed by atoms with E-state index in [1.807, 2.05) is 73.0 Å². The summed E-state index contributed by atoms with van der Waals surface area (Å²) in [6.45, 7) is 2.09. The Kier molecular flexibility index (Phi) is 9.74. The Balaban J connectivity index is 1.15. The van der Waals surface area contributed by atoms with Crippen LogP contribution >= 0.6 is 11.3 Å². The van der Waals surface area contributed by atoms with Crippen LogP contribution in [0.3, 0.4) is 0 Å². The molecule has 0 saturated heterocycles. The molecule has 0 aliphatic heterocycles. The van der Waals surface area contributed by atoms with Gasteiger partial charge in [-0.1, -0.05) is 48.5 Å². The standard InChI is InChI=1S/C33H29N5O4S/c1-2-41-30-19-23(13-18-29(30)42-21-31(39)35-26-9-5-3-6-10-26)20-34-38-32(40)25-16-14-24(15-17-25)28-22-43-33(37-28)36-27-11-7-4-8-12-27/h3-20,22H,2,21H2,1H3,(H,35,39)(H,36,37)(H,38,40)/b34-20+. The first-order valence-electron chi connectivity index (χ1n) is 13.5. The Morgan fingerprint density at radius 3 is 2.30 bits per heavy atom. The largest absolute Gasteiger partial charge is 0.490 e. The molecule has 0 unspecified atom stereocenters. The van der Waals surface area contributed by atoms with Crippen LogP contribution < -0.4 is 25.5 Å². The Bertz CT molecular complexity index is 1690. The molecule has 1 heterocycles. The number of aromatic nitrogens is 1. The molecule has 43 heavy (non-hydrogen) atoms. The molecule has 4 aromatic carbocycles. The maximum Gasteiger partial charge on any atom is 0.271 e. The number of hydrogen-bond acceptors (Lipinski definition) is 8. The minimum absolute atomic E-state index is 0.175. The van der Waals surface area contributed by atoms with Crippen molar-refractivity contribution >= 4 is 45.9 Å². The molecule has 2 amide bonds. The molecule has 0 bridgehead atoms. The topological polar surface area (TPSA) is 114 Å². The van der Waals surface area contributed by atoms with Gasteiger partial charge < -0.3 is 20.1 Å². The number of carbonyl (C=O) groups is 2. The SMILES string of the molecule is CCOc1cc(/C=N/NC(=O)c2ccc(-c3csc(Nc4ccccc4)n3)cc2)ccc1OCC(=O)Nc1ccccc1. The van der Waals surface area contributed by atoms with E-state index < -0.39 is 0 Å². The van der Waals surface area contributed by atoms with E-state index >= 15 is 0 Å². The summed E-state index contributed by atoms with van der Waals surface area (Å²) >= 11 is 1.51. The van der Waals surface area contributed by atoms with Gasteiger partial charge in [-0.3, -0.25) is 9.59 Å². The number of carbonyl (C=O) groups excluding carboxylic acids is 2. The highest BCUT2D eigenvalue weighted by atomic mass is 32.1. The van der Waals surface area contributed by atoms with Crippen molar-refractivity contribution in [2.75, 3.05) is 23.8 Å². The fourth-order valence-corrected chi connectivity index (χ4v) is 4.73. The molecule has 1 aromatic heterocycles. The molecule has 0 saturated carbocycles. The summed E-state index contributed by atoms with van der Waals surface area (Å²) in [6.07, 6.45) is 1.51. The van der Waals surface area contributed by atoms with Gasteiger partial charge in [0.25, 0.3) is 11.8 Å². The van der Waals surface area contributed by atoms with E-state index in [1.165, 1.54) is 17.6 Å². The molecule has 0 aliphatic carbocycles. The minimum atomic E-state index is -0.345. The lowest BCUT2D eigenvalue weighted by molar-refractivity contribution is -0.118. The third kappa shape index (κ3) is 8.27. The summed E-state index contributed by atoms with van der Waals surface area (Å²) in [5.74, 6) is 0.257. The van der Waals surface area contributed by atoms with Gasteiger partial charge in [0.15, 0.2) is 23.2 Å². The van der Waals surface area contributed by atoms with Crippen molar-refractivity contribution < 1.29 is 19.1 Å². The number of thiazole rings is 1. The number of rotatable bonds is 12. The van der Waals surface area contributed by atoms with Gasteiger partial charge in [0.05, 0.1) is 18.5 Å².